The zero-order valence-corrected chi connectivity index (χ0v) is 12.7. The molecular weight excluding hydrogens is 290 g/mol. The van der Waals surface area contributed by atoms with E-state index >= 15 is 0 Å². The molecule has 1 rings (SSSR count). The fraction of sp³-hybridized carbons (Fsp3) is 0.636. The lowest BCUT2D eigenvalue weighted by molar-refractivity contribution is 0.653. The van der Waals surface area contributed by atoms with Gasteiger partial charge in [-0.15, -0.1) is 11.3 Å². The van der Waals surface area contributed by atoms with Crippen LogP contribution in [0.15, 0.2) is 9.85 Å². The fourth-order valence-corrected chi connectivity index (χ4v) is 3.20. The lowest BCUT2D eigenvalue weighted by atomic mass is 10.3. The molecule has 0 saturated carbocycles. The van der Waals surface area contributed by atoms with Crippen LogP contribution >= 0.6 is 39.0 Å². The highest BCUT2D eigenvalue weighted by Crippen LogP contribution is 2.27. The Hall–Kier alpha value is 0.490. The summed E-state index contributed by atoms with van der Waals surface area (Å²) < 4.78 is 1.26. The molecule has 0 fully saturated rings. The van der Waals surface area contributed by atoms with Crippen LogP contribution in [0.5, 0.6) is 0 Å². The molecule has 1 nitrogen and oxygen atoms in total. The van der Waals surface area contributed by atoms with Crippen molar-refractivity contribution in [1.29, 1.82) is 0 Å². The van der Waals surface area contributed by atoms with Gasteiger partial charge in [-0.2, -0.15) is 11.8 Å². The average molecular weight is 308 g/mol. The van der Waals surface area contributed by atoms with Gasteiger partial charge in [-0.05, 0) is 53.7 Å². The third-order valence-corrected chi connectivity index (χ3v) is 5.51. The Kier molecular flexibility index (Phi) is 6.27. The van der Waals surface area contributed by atoms with Crippen molar-refractivity contribution >= 4 is 39.0 Å². The quantitative estimate of drug-likeness (QED) is 0.796. The van der Waals surface area contributed by atoms with Gasteiger partial charge in [0, 0.05) is 16.7 Å². The number of nitrogens with one attached hydrogen (secondary N) is 1. The van der Waals surface area contributed by atoms with E-state index in [1.165, 1.54) is 20.6 Å². The van der Waals surface area contributed by atoms with Crippen LogP contribution in [0.1, 0.15) is 23.8 Å². The van der Waals surface area contributed by atoms with Crippen molar-refractivity contribution in [2.24, 2.45) is 0 Å². The summed E-state index contributed by atoms with van der Waals surface area (Å²) in [7, 11) is 0. The van der Waals surface area contributed by atoms with E-state index in [1.807, 2.05) is 23.1 Å². The van der Waals surface area contributed by atoms with Gasteiger partial charge in [-0.25, -0.2) is 0 Å². The van der Waals surface area contributed by atoms with E-state index in [0.717, 1.165) is 18.3 Å². The number of thioether (sulfide) groups is 1. The predicted molar refractivity (Wildman–Crippen MR) is 76.1 cm³/mol. The molecule has 4 heteroatoms. The van der Waals surface area contributed by atoms with Crippen molar-refractivity contribution in [2.45, 2.75) is 32.1 Å². The molecule has 0 aromatic carbocycles. The summed E-state index contributed by atoms with van der Waals surface area (Å²) in [4.78, 5) is 1.41. The summed E-state index contributed by atoms with van der Waals surface area (Å²) in [5.74, 6) is 0. The number of aryl methyl sites for hydroxylation is 1. The highest BCUT2D eigenvalue weighted by atomic mass is 79.9. The van der Waals surface area contributed by atoms with Crippen molar-refractivity contribution in [3.63, 3.8) is 0 Å². The average Bonchev–Trinajstić information content (AvgIpc) is 2.53. The Bertz CT molecular complexity index is 279. The van der Waals surface area contributed by atoms with Crippen molar-refractivity contribution in [3.8, 4) is 0 Å². The maximum atomic E-state index is 3.55. The lowest BCUT2D eigenvalue weighted by Crippen LogP contribution is -2.16. The minimum absolute atomic E-state index is 0.759. The monoisotopic (exact) mass is 307 g/mol. The molecule has 0 aliphatic carbocycles. The standard InChI is InChI=1S/C11H18BrNS2/c1-8-6-10(15-11(8)12)7-13-5-4-9(2)14-3/h6,9,13H,4-5,7H2,1-3H3. The second-order valence-electron chi connectivity index (χ2n) is 3.68. The van der Waals surface area contributed by atoms with E-state index in [1.54, 1.807) is 0 Å². The second kappa shape index (κ2) is 6.94. The summed E-state index contributed by atoms with van der Waals surface area (Å²) in [6, 6.07) is 2.25. The molecule has 0 aliphatic rings. The molecule has 1 aromatic heterocycles. The van der Waals surface area contributed by atoms with Gasteiger partial charge in [0.15, 0.2) is 0 Å². The Morgan fingerprint density at radius 2 is 2.33 bits per heavy atom. The summed E-state index contributed by atoms with van der Waals surface area (Å²) >= 11 is 7.31. The van der Waals surface area contributed by atoms with E-state index in [-0.39, 0.29) is 0 Å². The topological polar surface area (TPSA) is 12.0 Å². The first-order valence-electron chi connectivity index (χ1n) is 5.11. The Balaban J connectivity index is 2.20. The van der Waals surface area contributed by atoms with E-state index in [0.29, 0.717) is 0 Å². The third kappa shape index (κ3) is 4.89. The number of halogens is 1. The van der Waals surface area contributed by atoms with E-state index in [4.69, 9.17) is 0 Å². The van der Waals surface area contributed by atoms with E-state index < -0.39 is 0 Å². The lowest BCUT2D eigenvalue weighted by Gasteiger charge is -2.07. The van der Waals surface area contributed by atoms with Crippen LogP contribution in [-0.2, 0) is 6.54 Å². The molecule has 0 bridgehead atoms. The molecule has 1 heterocycles. The van der Waals surface area contributed by atoms with Crippen LogP contribution in [0.4, 0.5) is 0 Å². The summed E-state index contributed by atoms with van der Waals surface area (Å²) in [5.41, 5.74) is 1.34. The first-order chi connectivity index (χ1) is 7.13. The predicted octanol–water partition coefficient (Wildman–Crippen LogP) is 4.05. The normalized spacial score (nSPS) is 13.1. The second-order valence-corrected chi connectivity index (χ2v) is 7.41. The largest absolute Gasteiger partial charge is 0.312 e. The van der Waals surface area contributed by atoms with E-state index in [9.17, 15) is 0 Å². The van der Waals surface area contributed by atoms with Crippen LogP contribution in [0.25, 0.3) is 0 Å². The summed E-state index contributed by atoms with van der Waals surface area (Å²) in [5, 5.41) is 4.24. The van der Waals surface area contributed by atoms with Crippen molar-refractivity contribution in [2.75, 3.05) is 12.8 Å². The molecular formula is C11H18BrNS2. The zero-order chi connectivity index (χ0) is 11.3. The summed E-state index contributed by atoms with van der Waals surface area (Å²) in [6.45, 7) is 6.52. The molecule has 0 saturated heterocycles. The number of hydrogen-bond donors (Lipinski definition) is 1. The minimum atomic E-state index is 0.759. The Morgan fingerprint density at radius 3 is 2.87 bits per heavy atom. The highest BCUT2D eigenvalue weighted by molar-refractivity contribution is 9.11. The van der Waals surface area contributed by atoms with Crippen LogP contribution in [0.2, 0.25) is 0 Å². The van der Waals surface area contributed by atoms with Gasteiger partial charge in [0.2, 0.25) is 0 Å². The zero-order valence-electron chi connectivity index (χ0n) is 9.47. The van der Waals surface area contributed by atoms with E-state index in [2.05, 4.69) is 47.4 Å². The maximum Gasteiger partial charge on any atom is 0.0730 e. The van der Waals surface area contributed by atoms with Crippen molar-refractivity contribution in [3.05, 3.63) is 20.3 Å². The molecule has 0 aliphatic heterocycles. The van der Waals surface area contributed by atoms with Gasteiger partial charge < -0.3 is 5.32 Å². The fourth-order valence-electron chi connectivity index (χ4n) is 1.25. The molecule has 0 spiro atoms. The van der Waals surface area contributed by atoms with Crippen LogP contribution in [0.3, 0.4) is 0 Å². The highest BCUT2D eigenvalue weighted by Gasteiger charge is 2.02. The van der Waals surface area contributed by atoms with Crippen LogP contribution in [0, 0.1) is 6.92 Å². The van der Waals surface area contributed by atoms with Crippen LogP contribution < -0.4 is 5.32 Å². The third-order valence-electron chi connectivity index (χ3n) is 2.34. The molecule has 86 valence electrons. The summed E-state index contributed by atoms with van der Waals surface area (Å²) in [6.07, 6.45) is 3.41. The molecule has 0 amide bonds. The van der Waals surface area contributed by atoms with Crippen molar-refractivity contribution in [1.82, 2.24) is 5.32 Å². The molecule has 15 heavy (non-hydrogen) atoms. The molecule has 1 atom stereocenters. The van der Waals surface area contributed by atoms with Gasteiger partial charge in [-0.3, -0.25) is 0 Å². The van der Waals surface area contributed by atoms with Gasteiger partial charge in [0.05, 0.1) is 3.79 Å². The number of hydrogen-bond acceptors (Lipinski definition) is 3. The molecule has 1 unspecified atom stereocenters. The van der Waals surface area contributed by atoms with Gasteiger partial charge in [0.1, 0.15) is 0 Å². The van der Waals surface area contributed by atoms with Gasteiger partial charge in [-0.1, -0.05) is 6.92 Å². The molecule has 1 N–H and O–H groups in total. The van der Waals surface area contributed by atoms with Crippen LogP contribution in [-0.4, -0.2) is 18.1 Å². The first-order valence-corrected chi connectivity index (χ1v) is 8.01. The number of rotatable bonds is 6. The van der Waals surface area contributed by atoms with Crippen molar-refractivity contribution < 1.29 is 0 Å². The minimum Gasteiger partial charge on any atom is -0.312 e. The first kappa shape index (κ1) is 13.6. The smallest absolute Gasteiger partial charge is 0.0730 e. The molecule has 0 radical (unpaired) electrons. The Morgan fingerprint density at radius 1 is 1.60 bits per heavy atom. The van der Waals surface area contributed by atoms with Gasteiger partial charge in [0.25, 0.3) is 0 Å². The number of thiophene rings is 1. The molecule has 1 aromatic rings. The SMILES string of the molecule is CSC(C)CCNCc1cc(C)c(Br)s1. The van der Waals surface area contributed by atoms with Gasteiger partial charge >= 0.3 is 0 Å². The maximum absolute atomic E-state index is 3.55. The Labute approximate surface area is 109 Å².